The average molecular weight is 356 g/mol. The van der Waals surface area contributed by atoms with Gasteiger partial charge in [-0.2, -0.15) is 0 Å². The SMILES string of the molecule is Nc1ccc2nc(Oc3cc(Br)ccc3Cl)sc2c1. The topological polar surface area (TPSA) is 48.1 Å². The van der Waals surface area contributed by atoms with Crippen molar-refractivity contribution in [3.05, 3.63) is 45.9 Å². The van der Waals surface area contributed by atoms with Crippen LogP contribution in [-0.2, 0) is 0 Å². The Kier molecular flexibility index (Phi) is 3.35. The van der Waals surface area contributed by atoms with E-state index in [0.29, 0.717) is 21.7 Å². The second kappa shape index (κ2) is 5.00. The van der Waals surface area contributed by atoms with Crippen LogP contribution in [0.1, 0.15) is 0 Å². The van der Waals surface area contributed by atoms with Gasteiger partial charge in [-0.3, -0.25) is 0 Å². The summed E-state index contributed by atoms with van der Waals surface area (Å²) in [5.41, 5.74) is 7.31. The summed E-state index contributed by atoms with van der Waals surface area (Å²) in [6.45, 7) is 0. The number of hydrogen-bond acceptors (Lipinski definition) is 4. The number of ether oxygens (including phenoxy) is 1. The minimum absolute atomic E-state index is 0.542. The Bertz CT molecular complexity index is 759. The van der Waals surface area contributed by atoms with Crippen molar-refractivity contribution in [2.75, 3.05) is 5.73 Å². The lowest BCUT2D eigenvalue weighted by Gasteiger charge is -2.03. The molecule has 0 saturated carbocycles. The number of fused-ring (bicyclic) bond motifs is 1. The Morgan fingerprint density at radius 3 is 2.89 bits per heavy atom. The molecule has 0 amide bonds. The number of aromatic nitrogens is 1. The molecule has 6 heteroatoms. The Morgan fingerprint density at radius 1 is 1.21 bits per heavy atom. The predicted molar refractivity (Wildman–Crippen MR) is 83.3 cm³/mol. The Hall–Kier alpha value is -1.30. The third-order valence-corrected chi connectivity index (χ3v) is 4.19. The first kappa shape index (κ1) is 12.7. The van der Waals surface area contributed by atoms with Gasteiger partial charge in [0.05, 0.1) is 15.2 Å². The van der Waals surface area contributed by atoms with Crippen molar-refractivity contribution in [3.63, 3.8) is 0 Å². The van der Waals surface area contributed by atoms with Crippen LogP contribution in [0.5, 0.6) is 10.9 Å². The molecule has 0 unspecified atom stereocenters. The first-order valence-corrected chi connectivity index (χ1v) is 7.39. The third-order valence-electron chi connectivity index (χ3n) is 2.48. The Morgan fingerprint density at radius 2 is 2.05 bits per heavy atom. The second-order valence-corrected chi connectivity index (χ2v) is 6.20. The maximum absolute atomic E-state index is 6.08. The van der Waals surface area contributed by atoms with Crippen molar-refractivity contribution in [3.8, 4) is 10.9 Å². The molecule has 0 spiro atoms. The predicted octanol–water partition coefficient (Wildman–Crippen LogP) is 5.09. The van der Waals surface area contributed by atoms with Gasteiger partial charge in [0.1, 0.15) is 5.75 Å². The third kappa shape index (κ3) is 2.68. The summed E-state index contributed by atoms with van der Waals surface area (Å²) >= 11 is 10.9. The van der Waals surface area contributed by atoms with E-state index in [-0.39, 0.29) is 0 Å². The number of anilines is 1. The van der Waals surface area contributed by atoms with Crippen molar-refractivity contribution >= 4 is 54.8 Å². The summed E-state index contributed by atoms with van der Waals surface area (Å²) in [6.07, 6.45) is 0. The minimum Gasteiger partial charge on any atom is -0.429 e. The first-order chi connectivity index (χ1) is 9.11. The lowest BCUT2D eigenvalue weighted by Crippen LogP contribution is -1.84. The van der Waals surface area contributed by atoms with E-state index in [9.17, 15) is 0 Å². The molecule has 0 radical (unpaired) electrons. The maximum Gasteiger partial charge on any atom is 0.279 e. The second-order valence-electron chi connectivity index (χ2n) is 3.88. The standard InChI is InChI=1S/C13H8BrClN2OS/c14-7-1-3-9(15)11(5-7)18-13-17-10-4-2-8(16)6-12(10)19-13/h1-6H,16H2. The highest BCUT2D eigenvalue weighted by Gasteiger charge is 2.09. The molecule has 2 aromatic carbocycles. The van der Waals surface area contributed by atoms with Crippen LogP contribution in [0.15, 0.2) is 40.9 Å². The lowest BCUT2D eigenvalue weighted by molar-refractivity contribution is 0.480. The summed E-state index contributed by atoms with van der Waals surface area (Å²) in [4.78, 5) is 4.39. The molecule has 3 nitrogen and oxygen atoms in total. The van der Waals surface area contributed by atoms with E-state index in [4.69, 9.17) is 22.1 Å². The molecular formula is C13H8BrClN2OS. The van der Waals surface area contributed by atoms with Crippen molar-refractivity contribution in [2.24, 2.45) is 0 Å². The first-order valence-electron chi connectivity index (χ1n) is 5.41. The zero-order chi connectivity index (χ0) is 13.4. The molecule has 0 atom stereocenters. The number of benzene rings is 2. The van der Waals surface area contributed by atoms with E-state index in [1.54, 1.807) is 6.07 Å². The smallest absolute Gasteiger partial charge is 0.279 e. The van der Waals surface area contributed by atoms with Gasteiger partial charge in [-0.05, 0) is 36.4 Å². The van der Waals surface area contributed by atoms with Crippen molar-refractivity contribution in [2.45, 2.75) is 0 Å². The molecule has 0 fully saturated rings. The van der Waals surface area contributed by atoms with Crippen LogP contribution in [0.3, 0.4) is 0 Å². The van der Waals surface area contributed by atoms with Crippen LogP contribution in [-0.4, -0.2) is 4.98 Å². The molecule has 3 aromatic rings. The molecule has 0 aliphatic carbocycles. The molecule has 0 bridgehead atoms. The van der Waals surface area contributed by atoms with E-state index >= 15 is 0 Å². The number of nitrogens with two attached hydrogens (primary N) is 1. The zero-order valence-corrected chi connectivity index (χ0v) is 12.7. The fourth-order valence-corrected chi connectivity index (χ4v) is 2.99. The van der Waals surface area contributed by atoms with Crippen LogP contribution in [0.25, 0.3) is 10.2 Å². The van der Waals surface area contributed by atoms with Gasteiger partial charge in [-0.25, -0.2) is 4.98 Å². The van der Waals surface area contributed by atoms with E-state index < -0.39 is 0 Å². The summed E-state index contributed by atoms with van der Waals surface area (Å²) in [7, 11) is 0. The van der Waals surface area contributed by atoms with Gasteiger partial charge in [-0.1, -0.05) is 38.9 Å². The van der Waals surface area contributed by atoms with Crippen LogP contribution in [0, 0.1) is 0 Å². The molecule has 3 rings (SSSR count). The van der Waals surface area contributed by atoms with Gasteiger partial charge >= 0.3 is 0 Å². The van der Waals surface area contributed by atoms with Gasteiger partial charge in [0.15, 0.2) is 0 Å². The molecule has 1 heterocycles. The number of nitrogens with zero attached hydrogens (tertiary/aromatic N) is 1. The summed E-state index contributed by atoms with van der Waals surface area (Å²) < 4.78 is 7.61. The summed E-state index contributed by atoms with van der Waals surface area (Å²) in [5, 5.41) is 1.09. The van der Waals surface area contributed by atoms with Gasteiger partial charge in [0.25, 0.3) is 5.19 Å². The normalized spacial score (nSPS) is 10.8. The minimum atomic E-state index is 0.542. The highest BCUT2D eigenvalue weighted by molar-refractivity contribution is 9.10. The van der Waals surface area contributed by atoms with Crippen molar-refractivity contribution in [1.82, 2.24) is 4.98 Å². The highest BCUT2D eigenvalue weighted by Crippen LogP contribution is 2.36. The van der Waals surface area contributed by atoms with Crippen LogP contribution >= 0.6 is 38.9 Å². The summed E-state index contributed by atoms with van der Waals surface area (Å²) in [6, 6.07) is 11.0. The largest absolute Gasteiger partial charge is 0.429 e. The molecule has 96 valence electrons. The maximum atomic E-state index is 6.08. The Labute approximate surface area is 127 Å². The van der Waals surface area contributed by atoms with Gasteiger partial charge in [-0.15, -0.1) is 0 Å². The summed E-state index contributed by atoms with van der Waals surface area (Å²) in [5.74, 6) is 0.572. The van der Waals surface area contributed by atoms with Gasteiger partial charge < -0.3 is 10.5 Å². The monoisotopic (exact) mass is 354 g/mol. The molecule has 0 aliphatic rings. The van der Waals surface area contributed by atoms with Gasteiger partial charge in [0, 0.05) is 10.2 Å². The van der Waals surface area contributed by atoms with Crippen molar-refractivity contribution < 1.29 is 4.74 Å². The number of hydrogen-bond donors (Lipinski definition) is 1. The lowest BCUT2D eigenvalue weighted by atomic mass is 10.3. The van der Waals surface area contributed by atoms with E-state index in [2.05, 4.69) is 20.9 Å². The Balaban J connectivity index is 1.98. The quantitative estimate of drug-likeness (QED) is 0.652. The molecule has 19 heavy (non-hydrogen) atoms. The van der Waals surface area contributed by atoms with Gasteiger partial charge in [0.2, 0.25) is 0 Å². The van der Waals surface area contributed by atoms with Crippen molar-refractivity contribution in [1.29, 1.82) is 0 Å². The van der Waals surface area contributed by atoms with E-state index in [1.807, 2.05) is 30.3 Å². The fraction of sp³-hybridized carbons (Fsp3) is 0. The molecule has 1 aromatic heterocycles. The average Bonchev–Trinajstić information content (AvgIpc) is 2.75. The molecule has 2 N–H and O–H groups in total. The van der Waals surface area contributed by atoms with Crippen LogP contribution in [0.2, 0.25) is 5.02 Å². The molecule has 0 aliphatic heterocycles. The number of halogens is 2. The zero-order valence-electron chi connectivity index (χ0n) is 9.56. The van der Waals surface area contributed by atoms with E-state index in [0.717, 1.165) is 14.7 Å². The van der Waals surface area contributed by atoms with Crippen LogP contribution < -0.4 is 10.5 Å². The molecule has 0 saturated heterocycles. The fourth-order valence-electron chi connectivity index (χ4n) is 1.61. The molecular weight excluding hydrogens is 348 g/mol. The van der Waals surface area contributed by atoms with E-state index in [1.165, 1.54) is 11.3 Å². The number of rotatable bonds is 2. The highest BCUT2D eigenvalue weighted by atomic mass is 79.9. The van der Waals surface area contributed by atoms with Crippen LogP contribution in [0.4, 0.5) is 5.69 Å². The number of thiazole rings is 1. The number of nitrogen functional groups attached to an aromatic ring is 1.